The molecule has 0 N–H and O–H groups in total. The van der Waals surface area contributed by atoms with Gasteiger partial charge in [-0.3, -0.25) is 9.78 Å². The average Bonchev–Trinajstić information content (AvgIpc) is 2.80. The second-order valence-corrected chi connectivity index (χ2v) is 7.88. The first kappa shape index (κ1) is 22.9. The first-order valence-corrected chi connectivity index (χ1v) is 10.5. The van der Waals surface area contributed by atoms with Gasteiger partial charge in [-0.1, -0.05) is 19.3 Å². The SMILES string of the molecule is O=c1c(C2CCCCC2)cc(-c2nccc(C(F)F)n2)nn1Cc1ncccc1C(F)(F)F. The number of hydrogen-bond acceptors (Lipinski definition) is 5. The van der Waals surface area contributed by atoms with E-state index >= 15 is 0 Å². The van der Waals surface area contributed by atoms with Gasteiger partial charge >= 0.3 is 6.18 Å². The van der Waals surface area contributed by atoms with Crippen LogP contribution in [0.1, 0.15) is 67.0 Å². The molecule has 33 heavy (non-hydrogen) atoms. The van der Waals surface area contributed by atoms with Gasteiger partial charge in [-0.2, -0.15) is 18.3 Å². The number of alkyl halides is 5. The minimum Gasteiger partial charge on any atom is -0.267 e. The summed E-state index contributed by atoms with van der Waals surface area (Å²) in [5.41, 5.74) is -1.97. The van der Waals surface area contributed by atoms with E-state index in [0.29, 0.717) is 5.56 Å². The molecule has 3 aromatic heterocycles. The Labute approximate surface area is 185 Å². The fourth-order valence-corrected chi connectivity index (χ4v) is 4.07. The Kier molecular flexibility index (Phi) is 6.48. The Morgan fingerprint density at radius 2 is 1.82 bits per heavy atom. The molecule has 3 aromatic rings. The van der Waals surface area contributed by atoms with Gasteiger partial charge in [0.1, 0.15) is 11.4 Å². The summed E-state index contributed by atoms with van der Waals surface area (Å²) in [4.78, 5) is 24.9. The van der Waals surface area contributed by atoms with E-state index in [0.717, 1.165) is 61.2 Å². The van der Waals surface area contributed by atoms with E-state index in [2.05, 4.69) is 20.1 Å². The van der Waals surface area contributed by atoms with Crippen LogP contribution in [-0.2, 0) is 12.7 Å². The maximum absolute atomic E-state index is 13.4. The topological polar surface area (TPSA) is 73.6 Å². The summed E-state index contributed by atoms with van der Waals surface area (Å²) in [5.74, 6) is -0.237. The maximum Gasteiger partial charge on any atom is 0.418 e. The quantitative estimate of drug-likeness (QED) is 0.488. The molecule has 6 nitrogen and oxygen atoms in total. The summed E-state index contributed by atoms with van der Waals surface area (Å²) < 4.78 is 67.5. The number of halogens is 5. The normalized spacial score (nSPS) is 15.2. The van der Waals surface area contributed by atoms with E-state index < -0.39 is 36.0 Å². The zero-order valence-electron chi connectivity index (χ0n) is 17.4. The number of hydrogen-bond donors (Lipinski definition) is 0. The summed E-state index contributed by atoms with van der Waals surface area (Å²) in [5, 5.41) is 4.14. The molecular formula is C22H20F5N5O. The van der Waals surface area contributed by atoms with Crippen LogP contribution in [0.15, 0.2) is 41.5 Å². The summed E-state index contributed by atoms with van der Waals surface area (Å²) in [7, 11) is 0. The fourth-order valence-electron chi connectivity index (χ4n) is 4.07. The van der Waals surface area contributed by atoms with Crippen LogP contribution in [0.2, 0.25) is 0 Å². The van der Waals surface area contributed by atoms with Crippen LogP contribution in [0.3, 0.4) is 0 Å². The minimum atomic E-state index is -4.66. The van der Waals surface area contributed by atoms with E-state index in [1.807, 2.05) is 0 Å². The Morgan fingerprint density at radius 1 is 1.06 bits per heavy atom. The molecule has 0 radical (unpaired) electrons. The fraction of sp³-hybridized carbons (Fsp3) is 0.409. The lowest BCUT2D eigenvalue weighted by Gasteiger charge is -2.22. The highest BCUT2D eigenvalue weighted by Gasteiger charge is 2.34. The van der Waals surface area contributed by atoms with Gasteiger partial charge in [0.25, 0.3) is 12.0 Å². The lowest BCUT2D eigenvalue weighted by Crippen LogP contribution is -2.30. The number of nitrogens with zero attached hydrogens (tertiary/aromatic N) is 5. The summed E-state index contributed by atoms with van der Waals surface area (Å²) in [6, 6.07) is 4.59. The molecular weight excluding hydrogens is 445 g/mol. The van der Waals surface area contributed by atoms with Crippen LogP contribution in [0.5, 0.6) is 0 Å². The average molecular weight is 465 g/mol. The van der Waals surface area contributed by atoms with Crippen molar-refractivity contribution in [1.29, 1.82) is 0 Å². The molecule has 0 aliphatic heterocycles. The van der Waals surface area contributed by atoms with Gasteiger partial charge in [-0.15, -0.1) is 0 Å². The van der Waals surface area contributed by atoms with Crippen LogP contribution in [0.4, 0.5) is 22.0 Å². The smallest absolute Gasteiger partial charge is 0.267 e. The van der Waals surface area contributed by atoms with Crippen molar-refractivity contribution in [1.82, 2.24) is 24.7 Å². The van der Waals surface area contributed by atoms with Gasteiger partial charge in [-0.05, 0) is 43.0 Å². The minimum absolute atomic E-state index is 0.0437. The van der Waals surface area contributed by atoms with Gasteiger partial charge in [0.15, 0.2) is 5.82 Å². The van der Waals surface area contributed by atoms with Gasteiger partial charge < -0.3 is 0 Å². The van der Waals surface area contributed by atoms with Crippen molar-refractivity contribution in [2.75, 3.05) is 0 Å². The second kappa shape index (κ2) is 9.32. The largest absolute Gasteiger partial charge is 0.418 e. The molecule has 4 rings (SSSR count). The molecule has 0 bridgehead atoms. The molecule has 0 unspecified atom stereocenters. The van der Waals surface area contributed by atoms with Crippen molar-refractivity contribution in [3.63, 3.8) is 0 Å². The predicted molar refractivity (Wildman–Crippen MR) is 109 cm³/mol. The lowest BCUT2D eigenvalue weighted by atomic mass is 9.84. The molecule has 0 spiro atoms. The Bertz CT molecular complexity index is 1190. The monoisotopic (exact) mass is 465 g/mol. The molecule has 1 saturated carbocycles. The number of rotatable bonds is 5. The van der Waals surface area contributed by atoms with Crippen molar-refractivity contribution in [3.8, 4) is 11.5 Å². The highest BCUT2D eigenvalue weighted by Crippen LogP contribution is 2.33. The molecule has 0 atom stereocenters. The lowest BCUT2D eigenvalue weighted by molar-refractivity contribution is -0.138. The van der Waals surface area contributed by atoms with Gasteiger partial charge in [0, 0.05) is 18.0 Å². The van der Waals surface area contributed by atoms with Crippen molar-refractivity contribution in [2.24, 2.45) is 0 Å². The first-order valence-electron chi connectivity index (χ1n) is 10.5. The van der Waals surface area contributed by atoms with Crippen molar-refractivity contribution < 1.29 is 22.0 Å². The summed E-state index contributed by atoms with van der Waals surface area (Å²) >= 11 is 0. The van der Waals surface area contributed by atoms with E-state index in [1.54, 1.807) is 0 Å². The highest BCUT2D eigenvalue weighted by atomic mass is 19.4. The standard InChI is InChI=1S/C22H20F5N5O/c23-19(24)16-8-10-29-20(30-16)17-11-14(13-5-2-1-3-6-13)21(33)32(31-17)12-18-15(22(25,26)27)7-4-9-28-18/h4,7-11,13,19H,1-3,5-6,12H2. The van der Waals surface area contributed by atoms with Crippen LogP contribution in [0.25, 0.3) is 11.5 Å². The van der Waals surface area contributed by atoms with E-state index in [4.69, 9.17) is 0 Å². The Balaban J connectivity index is 1.84. The van der Waals surface area contributed by atoms with E-state index in [1.165, 1.54) is 12.3 Å². The molecule has 0 saturated heterocycles. The van der Waals surface area contributed by atoms with Crippen LogP contribution >= 0.6 is 0 Å². The number of aromatic nitrogens is 5. The first-order chi connectivity index (χ1) is 15.7. The molecule has 1 aliphatic carbocycles. The van der Waals surface area contributed by atoms with Crippen LogP contribution in [0, 0.1) is 0 Å². The predicted octanol–water partition coefficient (Wildman–Crippen LogP) is 5.15. The maximum atomic E-state index is 13.4. The van der Waals surface area contributed by atoms with E-state index in [-0.39, 0.29) is 23.1 Å². The van der Waals surface area contributed by atoms with Crippen LogP contribution < -0.4 is 5.56 Å². The van der Waals surface area contributed by atoms with Crippen molar-refractivity contribution in [2.45, 2.75) is 57.2 Å². The van der Waals surface area contributed by atoms with Crippen LogP contribution in [-0.4, -0.2) is 24.7 Å². The van der Waals surface area contributed by atoms with Gasteiger partial charge in [-0.25, -0.2) is 23.4 Å². The third-order valence-electron chi connectivity index (χ3n) is 5.67. The molecule has 0 aromatic carbocycles. The molecule has 174 valence electrons. The molecule has 3 heterocycles. The van der Waals surface area contributed by atoms with Crippen molar-refractivity contribution >= 4 is 0 Å². The Hall–Kier alpha value is -3.24. The molecule has 1 fully saturated rings. The molecule has 1 aliphatic rings. The number of pyridine rings is 1. The summed E-state index contributed by atoms with van der Waals surface area (Å²) in [6.45, 7) is -0.531. The zero-order valence-corrected chi connectivity index (χ0v) is 17.4. The zero-order chi connectivity index (χ0) is 23.6. The molecule has 0 amide bonds. The highest BCUT2D eigenvalue weighted by molar-refractivity contribution is 5.50. The third kappa shape index (κ3) is 5.07. The third-order valence-corrected chi connectivity index (χ3v) is 5.67. The molecule has 11 heteroatoms. The van der Waals surface area contributed by atoms with Crippen molar-refractivity contribution in [3.05, 3.63) is 69.5 Å². The van der Waals surface area contributed by atoms with Gasteiger partial charge in [0.2, 0.25) is 0 Å². The second-order valence-electron chi connectivity index (χ2n) is 7.88. The summed E-state index contributed by atoms with van der Waals surface area (Å²) in [6.07, 6.45) is -0.787. The van der Waals surface area contributed by atoms with Gasteiger partial charge in [0.05, 0.1) is 17.8 Å². The Morgan fingerprint density at radius 3 is 2.52 bits per heavy atom. The van der Waals surface area contributed by atoms with E-state index in [9.17, 15) is 26.7 Å².